The van der Waals surface area contributed by atoms with Gasteiger partial charge in [0.1, 0.15) is 11.6 Å². The van der Waals surface area contributed by atoms with Gasteiger partial charge in [-0.25, -0.2) is 4.98 Å². The molecule has 0 aromatic carbocycles. The molecule has 96 valence electrons. The number of nitrogens with one attached hydrogen (secondary N) is 1. The average molecular weight is 245 g/mol. The van der Waals surface area contributed by atoms with Crippen LogP contribution in [0.3, 0.4) is 0 Å². The van der Waals surface area contributed by atoms with Gasteiger partial charge in [-0.2, -0.15) is 0 Å². The Bertz CT molecular complexity index is 494. The fourth-order valence-corrected chi connectivity index (χ4v) is 1.94. The molecule has 0 aliphatic carbocycles. The molecule has 4 heteroatoms. The number of hydrogen-bond acceptors (Lipinski definition) is 4. The van der Waals surface area contributed by atoms with Crippen LogP contribution in [0.1, 0.15) is 17.0 Å². The number of aryl methyl sites for hydroxylation is 1. The third-order valence-electron chi connectivity index (χ3n) is 2.74. The fraction of sp³-hybridized carbons (Fsp3) is 0.357. The summed E-state index contributed by atoms with van der Waals surface area (Å²) in [6.07, 6.45) is 1.69. The maximum Gasteiger partial charge on any atom is 0.129 e. The Balaban J connectivity index is 2.16. The molecule has 2 heterocycles. The predicted octanol–water partition coefficient (Wildman–Crippen LogP) is 2.34. The number of nitrogens with zero attached hydrogens (tertiary/aromatic N) is 2. The van der Waals surface area contributed by atoms with Gasteiger partial charge >= 0.3 is 0 Å². The second kappa shape index (κ2) is 5.69. The van der Waals surface area contributed by atoms with Crippen LogP contribution in [-0.4, -0.2) is 19.1 Å². The van der Waals surface area contributed by atoms with Crippen LogP contribution in [0.15, 0.2) is 34.9 Å². The second-order valence-electron chi connectivity index (χ2n) is 4.44. The Kier molecular flexibility index (Phi) is 3.99. The molecule has 0 saturated carbocycles. The smallest absolute Gasteiger partial charge is 0.129 e. The van der Waals surface area contributed by atoms with Crippen molar-refractivity contribution < 1.29 is 4.42 Å². The van der Waals surface area contributed by atoms with Gasteiger partial charge in [-0.05, 0) is 43.8 Å². The van der Waals surface area contributed by atoms with E-state index in [1.165, 1.54) is 5.56 Å². The van der Waals surface area contributed by atoms with Gasteiger partial charge in [0.2, 0.25) is 0 Å². The highest BCUT2D eigenvalue weighted by Crippen LogP contribution is 2.16. The minimum atomic E-state index is 0.725. The lowest BCUT2D eigenvalue weighted by Gasteiger charge is -2.18. The highest BCUT2D eigenvalue weighted by Gasteiger charge is 2.07. The summed E-state index contributed by atoms with van der Waals surface area (Å²) in [6, 6.07) is 8.08. The van der Waals surface area contributed by atoms with E-state index < -0.39 is 0 Å². The van der Waals surface area contributed by atoms with Crippen molar-refractivity contribution in [1.82, 2.24) is 10.3 Å². The van der Waals surface area contributed by atoms with Gasteiger partial charge in [0.15, 0.2) is 0 Å². The number of rotatable bonds is 5. The Hall–Kier alpha value is -1.81. The lowest BCUT2D eigenvalue weighted by molar-refractivity contribution is 0.507. The minimum Gasteiger partial charge on any atom is -0.467 e. The van der Waals surface area contributed by atoms with Crippen LogP contribution in [0.2, 0.25) is 0 Å². The summed E-state index contributed by atoms with van der Waals surface area (Å²) in [6.45, 7) is 3.59. The zero-order valence-corrected chi connectivity index (χ0v) is 11.1. The van der Waals surface area contributed by atoms with E-state index in [1.807, 2.05) is 33.2 Å². The van der Waals surface area contributed by atoms with Crippen LogP contribution in [-0.2, 0) is 13.1 Å². The van der Waals surface area contributed by atoms with Gasteiger partial charge in [0.05, 0.1) is 12.8 Å². The van der Waals surface area contributed by atoms with E-state index >= 15 is 0 Å². The molecule has 0 bridgehead atoms. The number of anilines is 1. The first-order chi connectivity index (χ1) is 8.69. The van der Waals surface area contributed by atoms with Crippen molar-refractivity contribution in [2.75, 3.05) is 19.0 Å². The monoisotopic (exact) mass is 245 g/mol. The maximum atomic E-state index is 5.35. The fourth-order valence-electron chi connectivity index (χ4n) is 1.94. The highest BCUT2D eigenvalue weighted by molar-refractivity contribution is 5.42. The SMILES string of the molecule is CNCc1cc(C)nc(N(C)Cc2ccco2)c1. The van der Waals surface area contributed by atoms with Gasteiger partial charge in [-0.1, -0.05) is 0 Å². The van der Waals surface area contributed by atoms with Crippen LogP contribution in [0.4, 0.5) is 5.82 Å². The van der Waals surface area contributed by atoms with Gasteiger partial charge in [0.25, 0.3) is 0 Å². The van der Waals surface area contributed by atoms with Crippen LogP contribution in [0.25, 0.3) is 0 Å². The van der Waals surface area contributed by atoms with Crippen molar-refractivity contribution in [3.05, 3.63) is 47.5 Å². The van der Waals surface area contributed by atoms with Gasteiger partial charge < -0.3 is 14.6 Å². The molecule has 2 aromatic heterocycles. The summed E-state index contributed by atoms with van der Waals surface area (Å²) >= 11 is 0. The van der Waals surface area contributed by atoms with Crippen LogP contribution < -0.4 is 10.2 Å². The zero-order chi connectivity index (χ0) is 13.0. The molecule has 0 fully saturated rings. The van der Waals surface area contributed by atoms with Crippen molar-refractivity contribution in [3.63, 3.8) is 0 Å². The molecule has 0 spiro atoms. The molecular weight excluding hydrogens is 226 g/mol. The van der Waals surface area contributed by atoms with Crippen molar-refractivity contribution >= 4 is 5.82 Å². The number of hydrogen-bond donors (Lipinski definition) is 1. The largest absolute Gasteiger partial charge is 0.467 e. The van der Waals surface area contributed by atoms with E-state index in [0.29, 0.717) is 0 Å². The molecule has 2 rings (SSSR count). The molecule has 18 heavy (non-hydrogen) atoms. The summed E-state index contributed by atoms with van der Waals surface area (Å²) in [7, 11) is 3.97. The topological polar surface area (TPSA) is 41.3 Å². The second-order valence-corrected chi connectivity index (χ2v) is 4.44. The Morgan fingerprint density at radius 2 is 2.22 bits per heavy atom. The molecule has 4 nitrogen and oxygen atoms in total. The lowest BCUT2D eigenvalue weighted by atomic mass is 10.2. The van der Waals surface area contributed by atoms with Gasteiger partial charge in [0, 0.05) is 19.3 Å². The Morgan fingerprint density at radius 3 is 2.89 bits per heavy atom. The molecule has 1 N–H and O–H groups in total. The van der Waals surface area contributed by atoms with Crippen LogP contribution in [0.5, 0.6) is 0 Å². The first kappa shape index (κ1) is 12.6. The first-order valence-electron chi connectivity index (χ1n) is 6.04. The van der Waals surface area contributed by atoms with Crippen molar-refractivity contribution in [2.45, 2.75) is 20.0 Å². The standard InChI is InChI=1S/C14H19N3O/c1-11-7-12(9-15-2)8-14(16-11)17(3)10-13-5-4-6-18-13/h4-8,15H,9-10H2,1-3H3. The zero-order valence-electron chi connectivity index (χ0n) is 11.1. The summed E-state index contributed by atoms with van der Waals surface area (Å²) in [5, 5.41) is 3.16. The van der Waals surface area contributed by atoms with Crippen LogP contribution >= 0.6 is 0 Å². The summed E-state index contributed by atoms with van der Waals surface area (Å²) < 4.78 is 5.35. The van der Waals surface area contributed by atoms with Crippen LogP contribution in [0, 0.1) is 6.92 Å². The predicted molar refractivity (Wildman–Crippen MR) is 72.6 cm³/mol. The first-order valence-corrected chi connectivity index (χ1v) is 6.04. The molecule has 2 aromatic rings. The third kappa shape index (κ3) is 3.11. The third-order valence-corrected chi connectivity index (χ3v) is 2.74. The molecule has 0 radical (unpaired) electrons. The number of furan rings is 1. The van der Waals surface area contributed by atoms with E-state index in [0.717, 1.165) is 30.4 Å². The van der Waals surface area contributed by atoms with E-state index in [9.17, 15) is 0 Å². The minimum absolute atomic E-state index is 0.725. The molecule has 0 aliphatic rings. The van der Waals surface area contributed by atoms with E-state index in [1.54, 1.807) is 6.26 Å². The lowest BCUT2D eigenvalue weighted by Crippen LogP contribution is -2.18. The molecule has 0 saturated heterocycles. The summed E-state index contributed by atoms with van der Waals surface area (Å²) in [5.41, 5.74) is 2.27. The van der Waals surface area contributed by atoms with Crippen molar-refractivity contribution in [3.8, 4) is 0 Å². The normalized spacial score (nSPS) is 10.6. The van der Waals surface area contributed by atoms with E-state index in [2.05, 4.69) is 27.3 Å². The quantitative estimate of drug-likeness (QED) is 0.878. The van der Waals surface area contributed by atoms with E-state index in [-0.39, 0.29) is 0 Å². The van der Waals surface area contributed by atoms with Gasteiger partial charge in [-0.3, -0.25) is 0 Å². The highest BCUT2D eigenvalue weighted by atomic mass is 16.3. The summed E-state index contributed by atoms with van der Waals surface area (Å²) in [5.74, 6) is 1.91. The number of pyridine rings is 1. The van der Waals surface area contributed by atoms with Crippen molar-refractivity contribution in [2.24, 2.45) is 0 Å². The molecule has 0 atom stereocenters. The molecule has 0 amide bonds. The Morgan fingerprint density at radius 1 is 1.39 bits per heavy atom. The molecule has 0 aliphatic heterocycles. The molecule has 0 unspecified atom stereocenters. The Labute approximate surface area is 108 Å². The maximum absolute atomic E-state index is 5.35. The van der Waals surface area contributed by atoms with Gasteiger partial charge in [-0.15, -0.1) is 0 Å². The van der Waals surface area contributed by atoms with E-state index in [4.69, 9.17) is 4.42 Å². The van der Waals surface area contributed by atoms with Crippen molar-refractivity contribution in [1.29, 1.82) is 0 Å². The number of aromatic nitrogens is 1. The average Bonchev–Trinajstić information content (AvgIpc) is 2.81. The summed E-state index contributed by atoms with van der Waals surface area (Å²) in [4.78, 5) is 6.64. The molecular formula is C14H19N3O.